The number of aromatic nitrogens is 2. The first-order valence-corrected chi connectivity index (χ1v) is 8.97. The lowest BCUT2D eigenvalue weighted by Gasteiger charge is -2.35. The molecule has 0 unspecified atom stereocenters. The summed E-state index contributed by atoms with van der Waals surface area (Å²) in [6, 6.07) is 3.85. The number of amides is 2. The zero-order valence-electron chi connectivity index (χ0n) is 13.7. The smallest absolute Gasteiger partial charge is 0.314 e. The Balaban J connectivity index is 1.59. The van der Waals surface area contributed by atoms with Crippen LogP contribution in [0, 0.1) is 0 Å². The summed E-state index contributed by atoms with van der Waals surface area (Å²) >= 11 is 11.8. The van der Waals surface area contributed by atoms with Crippen molar-refractivity contribution in [2.24, 2.45) is 0 Å². The Bertz CT molecular complexity index is 922. The molecule has 1 aromatic carbocycles. The molecule has 5 nitrogen and oxygen atoms in total. The Kier molecular flexibility index (Phi) is 4.43. The van der Waals surface area contributed by atoms with Gasteiger partial charge in [0.05, 0.1) is 21.8 Å². The highest BCUT2D eigenvalue weighted by Gasteiger charge is 2.45. The van der Waals surface area contributed by atoms with E-state index in [1.807, 2.05) is 0 Å². The molecule has 2 aliphatic heterocycles. The Morgan fingerprint density at radius 3 is 2.70 bits per heavy atom. The van der Waals surface area contributed by atoms with Crippen LogP contribution in [0.25, 0.3) is 0 Å². The predicted molar refractivity (Wildman–Crippen MR) is 93.8 cm³/mol. The van der Waals surface area contributed by atoms with Gasteiger partial charge >= 0.3 is 12.2 Å². The summed E-state index contributed by atoms with van der Waals surface area (Å²) < 4.78 is 38.6. The number of anilines is 1. The molecular formula is C17H13Cl2F3N4O. The summed E-state index contributed by atoms with van der Waals surface area (Å²) in [7, 11) is 0. The molecule has 0 spiro atoms. The molecule has 0 saturated carbocycles. The van der Waals surface area contributed by atoms with Crippen molar-refractivity contribution in [3.05, 3.63) is 51.5 Å². The maximum Gasteiger partial charge on any atom is 0.451 e. The summed E-state index contributed by atoms with van der Waals surface area (Å²) in [6.07, 6.45) is -1.78. The van der Waals surface area contributed by atoms with Gasteiger partial charge in [-0.3, -0.25) is 0 Å². The third kappa shape index (κ3) is 3.32. The highest BCUT2D eigenvalue weighted by Crippen LogP contribution is 2.43. The maximum absolute atomic E-state index is 12.9. The molecule has 142 valence electrons. The van der Waals surface area contributed by atoms with E-state index in [2.05, 4.69) is 15.3 Å². The van der Waals surface area contributed by atoms with E-state index in [-0.39, 0.29) is 24.5 Å². The van der Waals surface area contributed by atoms with Crippen molar-refractivity contribution >= 4 is 34.9 Å². The topological polar surface area (TPSA) is 58.1 Å². The van der Waals surface area contributed by atoms with Gasteiger partial charge in [-0.2, -0.15) is 13.2 Å². The van der Waals surface area contributed by atoms with Crippen LogP contribution >= 0.6 is 23.2 Å². The normalized spacial score (nSPS) is 21.1. The van der Waals surface area contributed by atoms with Crippen molar-refractivity contribution in [1.82, 2.24) is 14.9 Å². The number of nitrogens with one attached hydrogen (secondary N) is 1. The Labute approximate surface area is 162 Å². The summed E-state index contributed by atoms with van der Waals surface area (Å²) in [4.78, 5) is 21.6. The number of nitrogens with zero attached hydrogens (tertiary/aromatic N) is 3. The van der Waals surface area contributed by atoms with Gasteiger partial charge in [0.15, 0.2) is 0 Å². The standard InChI is InChI=1S/C17H13Cl2F3N4O/c18-11-3-1-8(5-12(11)19)24-16(27)26-9-2-4-14(26)10-7-23-15(17(20,21)22)25-13(10)6-9/h1,3,5,7,9,14H,2,4,6H2,(H,24,27)/t9-,14+/m0/s1. The molecule has 4 rings (SSSR count). The summed E-state index contributed by atoms with van der Waals surface area (Å²) in [5.41, 5.74) is 1.42. The fourth-order valence-corrected chi connectivity index (χ4v) is 3.98. The number of urea groups is 1. The first-order chi connectivity index (χ1) is 12.7. The number of halogens is 5. The van der Waals surface area contributed by atoms with Gasteiger partial charge in [0, 0.05) is 29.9 Å². The second kappa shape index (κ2) is 6.53. The highest BCUT2D eigenvalue weighted by molar-refractivity contribution is 6.42. The number of hydrogen-bond donors (Lipinski definition) is 1. The van der Waals surface area contributed by atoms with Gasteiger partial charge in [-0.05, 0) is 31.0 Å². The zero-order valence-corrected chi connectivity index (χ0v) is 15.2. The molecule has 1 aromatic heterocycles. The number of alkyl halides is 3. The molecule has 0 radical (unpaired) electrons. The Morgan fingerprint density at radius 1 is 1.22 bits per heavy atom. The maximum atomic E-state index is 12.9. The van der Waals surface area contributed by atoms with Gasteiger partial charge in [-0.1, -0.05) is 23.2 Å². The van der Waals surface area contributed by atoms with Gasteiger partial charge in [-0.15, -0.1) is 0 Å². The second-order valence-corrected chi connectivity index (χ2v) is 7.33. The van der Waals surface area contributed by atoms with E-state index in [0.717, 1.165) is 0 Å². The molecule has 2 aromatic rings. The van der Waals surface area contributed by atoms with E-state index < -0.39 is 12.0 Å². The molecule has 2 atom stereocenters. The van der Waals surface area contributed by atoms with E-state index in [0.29, 0.717) is 39.8 Å². The summed E-state index contributed by atoms with van der Waals surface area (Å²) in [6.45, 7) is 0. The molecule has 1 saturated heterocycles. The van der Waals surface area contributed by atoms with Crippen LogP contribution in [0.2, 0.25) is 10.0 Å². The lowest BCUT2D eigenvalue weighted by molar-refractivity contribution is -0.145. The van der Waals surface area contributed by atoms with Crippen LogP contribution < -0.4 is 5.32 Å². The van der Waals surface area contributed by atoms with Gasteiger partial charge in [-0.25, -0.2) is 14.8 Å². The predicted octanol–water partition coefficient (Wildman–Crippen LogP) is 5.10. The lowest BCUT2D eigenvalue weighted by atomic mass is 9.99. The monoisotopic (exact) mass is 416 g/mol. The average molecular weight is 417 g/mol. The molecule has 2 amide bonds. The van der Waals surface area contributed by atoms with E-state index in [4.69, 9.17) is 23.2 Å². The fourth-order valence-electron chi connectivity index (χ4n) is 3.69. The summed E-state index contributed by atoms with van der Waals surface area (Å²) in [5.74, 6) is -1.14. The molecule has 2 aliphatic rings. The van der Waals surface area contributed by atoms with Crippen LogP contribution in [0.5, 0.6) is 0 Å². The number of carbonyl (C=O) groups excluding carboxylic acids is 1. The first kappa shape index (κ1) is 18.3. The van der Waals surface area contributed by atoms with Crippen LogP contribution in [0.4, 0.5) is 23.7 Å². The van der Waals surface area contributed by atoms with Crippen LogP contribution in [-0.2, 0) is 12.6 Å². The number of carbonyl (C=O) groups is 1. The van der Waals surface area contributed by atoms with E-state index >= 15 is 0 Å². The average Bonchev–Trinajstić information content (AvgIpc) is 2.92. The quantitative estimate of drug-likeness (QED) is 0.703. The first-order valence-electron chi connectivity index (χ1n) is 8.21. The van der Waals surface area contributed by atoms with Crippen LogP contribution in [0.3, 0.4) is 0 Å². The van der Waals surface area contributed by atoms with E-state index in [1.165, 1.54) is 6.20 Å². The van der Waals surface area contributed by atoms with E-state index in [1.54, 1.807) is 23.1 Å². The Hall–Kier alpha value is -2.06. The SMILES string of the molecule is O=C(Nc1ccc(Cl)c(Cl)c1)N1[C@H]2CC[C@@H]1c1cnc(C(F)(F)F)nc1C2. The minimum absolute atomic E-state index is 0.207. The van der Waals surface area contributed by atoms with Crippen molar-refractivity contribution in [2.45, 2.75) is 37.5 Å². The van der Waals surface area contributed by atoms with Crippen molar-refractivity contribution in [3.8, 4) is 0 Å². The third-order valence-electron chi connectivity index (χ3n) is 4.85. The number of hydrogen-bond acceptors (Lipinski definition) is 3. The van der Waals surface area contributed by atoms with Crippen LogP contribution in [0.15, 0.2) is 24.4 Å². The van der Waals surface area contributed by atoms with Crippen molar-refractivity contribution in [2.75, 3.05) is 5.32 Å². The van der Waals surface area contributed by atoms with Gasteiger partial charge in [0.2, 0.25) is 5.82 Å². The van der Waals surface area contributed by atoms with Gasteiger partial charge in [0.25, 0.3) is 0 Å². The minimum atomic E-state index is -4.59. The van der Waals surface area contributed by atoms with Gasteiger partial charge < -0.3 is 10.2 Å². The third-order valence-corrected chi connectivity index (χ3v) is 5.59. The number of rotatable bonds is 1. The fraction of sp³-hybridized carbons (Fsp3) is 0.353. The van der Waals surface area contributed by atoms with Crippen molar-refractivity contribution < 1.29 is 18.0 Å². The molecule has 1 N–H and O–H groups in total. The zero-order chi connectivity index (χ0) is 19.3. The largest absolute Gasteiger partial charge is 0.451 e. The Morgan fingerprint density at radius 2 is 2.00 bits per heavy atom. The lowest BCUT2D eigenvalue weighted by Crippen LogP contribution is -2.44. The van der Waals surface area contributed by atoms with Crippen molar-refractivity contribution in [1.29, 1.82) is 0 Å². The second-order valence-electron chi connectivity index (χ2n) is 6.51. The minimum Gasteiger partial charge on any atom is -0.314 e. The number of fused-ring (bicyclic) bond motifs is 4. The molecule has 2 bridgehead atoms. The highest BCUT2D eigenvalue weighted by atomic mass is 35.5. The molecular weight excluding hydrogens is 404 g/mol. The van der Waals surface area contributed by atoms with Crippen molar-refractivity contribution in [3.63, 3.8) is 0 Å². The molecule has 0 aliphatic carbocycles. The molecule has 3 heterocycles. The molecule has 1 fully saturated rings. The molecule has 27 heavy (non-hydrogen) atoms. The van der Waals surface area contributed by atoms with E-state index in [9.17, 15) is 18.0 Å². The number of benzene rings is 1. The van der Waals surface area contributed by atoms with Crippen LogP contribution in [-0.4, -0.2) is 26.9 Å². The summed E-state index contributed by atoms with van der Waals surface area (Å²) in [5, 5.41) is 3.46. The van der Waals surface area contributed by atoms with Gasteiger partial charge in [0.1, 0.15) is 0 Å². The molecule has 10 heteroatoms. The van der Waals surface area contributed by atoms with Crippen LogP contribution in [0.1, 0.15) is 36.0 Å².